The molecule has 7 nitrogen and oxygen atoms in total. The molecule has 2 fully saturated rings. The number of nitrogens with zero attached hydrogens (tertiary/aromatic N) is 4. The van der Waals surface area contributed by atoms with E-state index in [0.29, 0.717) is 23.3 Å². The van der Waals surface area contributed by atoms with Gasteiger partial charge >= 0.3 is 0 Å². The van der Waals surface area contributed by atoms with Crippen LogP contribution in [0.15, 0.2) is 28.8 Å². The Morgan fingerprint density at radius 3 is 2.62 bits per heavy atom. The van der Waals surface area contributed by atoms with Crippen molar-refractivity contribution < 1.29 is 9.32 Å². The van der Waals surface area contributed by atoms with Crippen molar-refractivity contribution in [2.75, 3.05) is 39.3 Å². The van der Waals surface area contributed by atoms with E-state index < -0.39 is 0 Å². The Kier molecular flexibility index (Phi) is 8.54. The van der Waals surface area contributed by atoms with Crippen LogP contribution in [0, 0.1) is 5.92 Å². The van der Waals surface area contributed by atoms with E-state index in [-0.39, 0.29) is 11.8 Å². The second-order valence-corrected chi connectivity index (χ2v) is 9.41. The summed E-state index contributed by atoms with van der Waals surface area (Å²) >= 11 is 6.05. The average Bonchev–Trinajstić information content (AvgIpc) is 3.11. The molecular weight excluding hydrogens is 426 g/mol. The third-order valence-electron chi connectivity index (χ3n) is 6.52. The average molecular weight is 460 g/mol. The summed E-state index contributed by atoms with van der Waals surface area (Å²) in [4.78, 5) is 21.9. The fourth-order valence-electron chi connectivity index (χ4n) is 4.63. The maximum atomic E-state index is 12.6. The van der Waals surface area contributed by atoms with Crippen LogP contribution in [0.2, 0.25) is 5.02 Å². The fourth-order valence-corrected chi connectivity index (χ4v) is 4.82. The third kappa shape index (κ3) is 6.77. The van der Waals surface area contributed by atoms with Gasteiger partial charge in [-0.1, -0.05) is 41.7 Å². The highest BCUT2D eigenvalue weighted by Gasteiger charge is 2.26. The van der Waals surface area contributed by atoms with Crippen LogP contribution in [0.25, 0.3) is 11.4 Å². The van der Waals surface area contributed by atoms with Gasteiger partial charge in [0.25, 0.3) is 0 Å². The molecule has 1 aromatic carbocycles. The standard InChI is InChI=1S/C24H34ClN5O2/c25-21-8-5-7-20(17-21)23-27-22(32-28-23)18-30-15-9-19(10-16-30)24(31)26-11-6-14-29-12-3-1-2-4-13-29/h5,7-8,17,19H,1-4,6,9-16,18H2,(H,26,31). The Labute approximate surface area is 195 Å². The van der Waals surface area contributed by atoms with Crippen LogP contribution in [0.1, 0.15) is 50.8 Å². The van der Waals surface area contributed by atoms with Gasteiger partial charge in [0, 0.05) is 23.0 Å². The molecule has 4 rings (SSSR count). The molecule has 2 saturated heterocycles. The van der Waals surface area contributed by atoms with Gasteiger partial charge in [0.2, 0.25) is 17.6 Å². The Morgan fingerprint density at radius 1 is 1.09 bits per heavy atom. The zero-order chi connectivity index (χ0) is 22.2. The molecule has 1 N–H and O–H groups in total. The quantitative estimate of drug-likeness (QED) is 0.602. The predicted octanol–water partition coefficient (Wildman–Crippen LogP) is 3.98. The first-order valence-electron chi connectivity index (χ1n) is 12.0. The molecule has 3 heterocycles. The first-order chi connectivity index (χ1) is 15.7. The number of amides is 1. The molecule has 0 saturated carbocycles. The van der Waals surface area contributed by atoms with E-state index >= 15 is 0 Å². The zero-order valence-electron chi connectivity index (χ0n) is 18.8. The molecule has 1 aromatic heterocycles. The zero-order valence-corrected chi connectivity index (χ0v) is 19.5. The Bertz CT molecular complexity index is 858. The Morgan fingerprint density at radius 2 is 1.88 bits per heavy atom. The lowest BCUT2D eigenvalue weighted by Gasteiger charge is -2.30. The smallest absolute Gasteiger partial charge is 0.241 e. The molecule has 0 bridgehead atoms. The van der Waals surface area contributed by atoms with Gasteiger partial charge in [0.15, 0.2) is 0 Å². The molecule has 0 radical (unpaired) electrons. The molecule has 0 unspecified atom stereocenters. The minimum absolute atomic E-state index is 0.106. The maximum Gasteiger partial charge on any atom is 0.241 e. The number of hydrogen-bond donors (Lipinski definition) is 1. The van der Waals surface area contributed by atoms with Crippen LogP contribution in [-0.2, 0) is 11.3 Å². The number of rotatable bonds is 8. The van der Waals surface area contributed by atoms with Gasteiger partial charge in [-0.05, 0) is 77.0 Å². The lowest BCUT2D eigenvalue weighted by atomic mass is 9.96. The van der Waals surface area contributed by atoms with Gasteiger partial charge in [-0.3, -0.25) is 9.69 Å². The van der Waals surface area contributed by atoms with Crippen molar-refractivity contribution in [3.8, 4) is 11.4 Å². The van der Waals surface area contributed by atoms with Crippen LogP contribution in [0.3, 0.4) is 0 Å². The van der Waals surface area contributed by atoms with Gasteiger partial charge in [0.1, 0.15) is 0 Å². The number of aromatic nitrogens is 2. The number of likely N-dealkylation sites (tertiary alicyclic amines) is 2. The molecular formula is C24H34ClN5O2. The molecule has 1 amide bonds. The number of carbonyl (C=O) groups is 1. The SMILES string of the molecule is O=C(NCCCN1CCCCCC1)C1CCN(Cc2nc(-c3cccc(Cl)c3)no2)CC1. The summed E-state index contributed by atoms with van der Waals surface area (Å²) in [7, 11) is 0. The summed E-state index contributed by atoms with van der Waals surface area (Å²) < 4.78 is 5.43. The van der Waals surface area contributed by atoms with Crippen molar-refractivity contribution >= 4 is 17.5 Å². The van der Waals surface area contributed by atoms with Gasteiger partial charge in [-0.2, -0.15) is 4.98 Å². The number of halogens is 1. The van der Waals surface area contributed by atoms with E-state index in [1.807, 2.05) is 24.3 Å². The van der Waals surface area contributed by atoms with Gasteiger partial charge in [0.05, 0.1) is 6.54 Å². The summed E-state index contributed by atoms with van der Waals surface area (Å²) in [6.07, 6.45) is 8.13. The highest BCUT2D eigenvalue weighted by Crippen LogP contribution is 2.22. The summed E-state index contributed by atoms with van der Waals surface area (Å²) in [6, 6.07) is 7.44. The summed E-state index contributed by atoms with van der Waals surface area (Å²) in [5.74, 6) is 1.46. The van der Waals surface area contributed by atoms with Crippen LogP contribution < -0.4 is 5.32 Å². The van der Waals surface area contributed by atoms with Crippen molar-refractivity contribution in [1.82, 2.24) is 25.3 Å². The van der Waals surface area contributed by atoms with Crippen molar-refractivity contribution in [3.63, 3.8) is 0 Å². The van der Waals surface area contributed by atoms with E-state index in [0.717, 1.165) is 51.0 Å². The molecule has 0 atom stereocenters. The van der Waals surface area contributed by atoms with Crippen molar-refractivity contribution in [2.24, 2.45) is 5.92 Å². The topological polar surface area (TPSA) is 74.5 Å². The lowest BCUT2D eigenvalue weighted by Crippen LogP contribution is -2.41. The highest BCUT2D eigenvalue weighted by molar-refractivity contribution is 6.30. The monoisotopic (exact) mass is 459 g/mol. The molecule has 2 aliphatic rings. The van der Waals surface area contributed by atoms with Crippen molar-refractivity contribution in [3.05, 3.63) is 35.2 Å². The third-order valence-corrected chi connectivity index (χ3v) is 6.75. The minimum atomic E-state index is 0.106. The van der Waals surface area contributed by atoms with E-state index in [2.05, 4.69) is 25.3 Å². The van der Waals surface area contributed by atoms with Gasteiger partial charge < -0.3 is 14.7 Å². The molecule has 32 heavy (non-hydrogen) atoms. The maximum absolute atomic E-state index is 12.6. The predicted molar refractivity (Wildman–Crippen MR) is 125 cm³/mol. The fraction of sp³-hybridized carbons (Fsp3) is 0.625. The normalized spacial score (nSPS) is 19.0. The lowest BCUT2D eigenvalue weighted by molar-refractivity contribution is -0.126. The minimum Gasteiger partial charge on any atom is -0.356 e. The Balaban J connectivity index is 1.15. The second-order valence-electron chi connectivity index (χ2n) is 8.97. The number of nitrogens with one attached hydrogen (secondary N) is 1. The van der Waals surface area contributed by atoms with E-state index in [1.165, 1.54) is 38.8 Å². The van der Waals surface area contributed by atoms with E-state index in [4.69, 9.17) is 16.1 Å². The molecule has 174 valence electrons. The molecule has 8 heteroatoms. The highest BCUT2D eigenvalue weighted by atomic mass is 35.5. The molecule has 0 aliphatic carbocycles. The number of piperidine rings is 1. The second kappa shape index (κ2) is 11.8. The summed E-state index contributed by atoms with van der Waals surface area (Å²) in [5.41, 5.74) is 0.846. The van der Waals surface area contributed by atoms with Gasteiger partial charge in [-0.15, -0.1) is 0 Å². The number of hydrogen-bond acceptors (Lipinski definition) is 6. The number of carbonyl (C=O) groups excluding carboxylic acids is 1. The summed E-state index contributed by atoms with van der Waals surface area (Å²) in [6.45, 7) is 6.64. The van der Waals surface area contributed by atoms with Crippen LogP contribution in [0.5, 0.6) is 0 Å². The van der Waals surface area contributed by atoms with Crippen molar-refractivity contribution in [1.29, 1.82) is 0 Å². The number of benzene rings is 1. The van der Waals surface area contributed by atoms with Crippen LogP contribution in [0.4, 0.5) is 0 Å². The molecule has 2 aromatic rings. The van der Waals surface area contributed by atoms with E-state index in [1.54, 1.807) is 0 Å². The first kappa shape index (κ1) is 23.2. The largest absolute Gasteiger partial charge is 0.356 e. The van der Waals surface area contributed by atoms with Gasteiger partial charge in [-0.25, -0.2) is 0 Å². The van der Waals surface area contributed by atoms with Crippen LogP contribution >= 0.6 is 11.6 Å². The molecule has 0 spiro atoms. The Hall–Kier alpha value is -1.96. The first-order valence-corrected chi connectivity index (χ1v) is 12.4. The summed E-state index contributed by atoms with van der Waals surface area (Å²) in [5, 5.41) is 7.89. The van der Waals surface area contributed by atoms with Crippen molar-refractivity contribution in [2.45, 2.75) is 51.5 Å². The van der Waals surface area contributed by atoms with E-state index in [9.17, 15) is 4.79 Å². The van der Waals surface area contributed by atoms with Crippen LogP contribution in [-0.4, -0.2) is 65.1 Å². The molecule has 2 aliphatic heterocycles.